The van der Waals surface area contributed by atoms with Gasteiger partial charge in [-0.1, -0.05) is 11.6 Å². The van der Waals surface area contributed by atoms with E-state index in [4.69, 9.17) is 30.5 Å². The second-order valence-corrected chi connectivity index (χ2v) is 10.1. The van der Waals surface area contributed by atoms with Gasteiger partial charge in [-0.25, -0.2) is 13.5 Å². The Hall–Kier alpha value is -2.47. The van der Waals surface area contributed by atoms with Crippen molar-refractivity contribution in [1.29, 1.82) is 0 Å². The van der Waals surface area contributed by atoms with Crippen molar-refractivity contribution >= 4 is 27.3 Å². The molecule has 2 aromatic carbocycles. The molecule has 0 aromatic heterocycles. The maximum atomic E-state index is 12.7. The highest BCUT2D eigenvalue weighted by molar-refractivity contribution is 7.91. The van der Waals surface area contributed by atoms with Crippen LogP contribution in [0.3, 0.4) is 0 Å². The largest absolute Gasteiger partial charge is 0.457 e. The number of halogens is 1. The maximum absolute atomic E-state index is 12.7. The molecule has 1 N–H and O–H groups in total. The number of hydrogen-bond acceptors (Lipinski definition) is 8. The van der Waals surface area contributed by atoms with Gasteiger partial charge in [-0.05, 0) is 61.5 Å². The van der Waals surface area contributed by atoms with E-state index in [0.717, 1.165) is 0 Å². The Morgan fingerprint density at radius 1 is 1.12 bits per heavy atom. The van der Waals surface area contributed by atoms with Gasteiger partial charge in [0.1, 0.15) is 17.6 Å². The molecule has 0 radical (unpaired) electrons. The van der Waals surface area contributed by atoms with Gasteiger partial charge in [-0.3, -0.25) is 10.0 Å². The standard InChI is InChI=1S/C23H24ClNO8S/c1-2-30-13-22-32-20-11-15(12-21(20)33-22)23(26)25(27)14-34(28,29)19-9-7-18(8-10-19)31-17-5-3-16(24)4-6-17/h3-11,20-22,27H,2,12-14H2,1H3. The molecule has 1 amide bonds. The number of carbonyl (C=O) groups excluding carboxylic acids is 1. The molecule has 0 saturated carbocycles. The Kier molecular flexibility index (Phi) is 7.56. The van der Waals surface area contributed by atoms with Crippen LogP contribution in [0.25, 0.3) is 0 Å². The topological polar surface area (TPSA) is 112 Å². The zero-order valence-electron chi connectivity index (χ0n) is 18.3. The summed E-state index contributed by atoms with van der Waals surface area (Å²) in [7, 11) is -3.99. The fourth-order valence-corrected chi connectivity index (χ4v) is 4.89. The summed E-state index contributed by atoms with van der Waals surface area (Å²) in [5.74, 6) is -0.749. The summed E-state index contributed by atoms with van der Waals surface area (Å²) < 4.78 is 47.7. The summed E-state index contributed by atoms with van der Waals surface area (Å²) in [5.41, 5.74) is 0.231. The van der Waals surface area contributed by atoms with Crippen molar-refractivity contribution in [3.63, 3.8) is 0 Å². The predicted octanol–water partition coefficient (Wildman–Crippen LogP) is 3.56. The smallest absolute Gasteiger partial charge is 0.274 e. The van der Waals surface area contributed by atoms with Gasteiger partial charge >= 0.3 is 0 Å². The molecule has 2 aromatic rings. The van der Waals surface area contributed by atoms with E-state index >= 15 is 0 Å². The molecule has 3 unspecified atom stereocenters. The molecular weight excluding hydrogens is 486 g/mol. The number of amides is 1. The van der Waals surface area contributed by atoms with Crippen LogP contribution in [0.4, 0.5) is 0 Å². The fraction of sp³-hybridized carbons (Fsp3) is 0.348. The van der Waals surface area contributed by atoms with E-state index in [9.17, 15) is 18.4 Å². The minimum Gasteiger partial charge on any atom is -0.457 e. The van der Waals surface area contributed by atoms with Crippen LogP contribution in [-0.4, -0.2) is 62.2 Å². The van der Waals surface area contributed by atoms with E-state index in [2.05, 4.69) is 0 Å². The first-order valence-corrected chi connectivity index (χ1v) is 12.6. The van der Waals surface area contributed by atoms with Crippen LogP contribution < -0.4 is 4.74 Å². The Bertz CT molecular complexity index is 1150. The van der Waals surface area contributed by atoms with Crippen LogP contribution >= 0.6 is 11.6 Å². The third kappa shape index (κ3) is 5.77. The monoisotopic (exact) mass is 509 g/mol. The highest BCUT2D eigenvalue weighted by Crippen LogP contribution is 2.33. The number of fused-ring (bicyclic) bond motifs is 1. The first kappa shape index (κ1) is 24.6. The van der Waals surface area contributed by atoms with Crippen LogP contribution in [0.1, 0.15) is 13.3 Å². The molecule has 2 aliphatic rings. The van der Waals surface area contributed by atoms with Crippen molar-refractivity contribution in [2.45, 2.75) is 36.7 Å². The van der Waals surface area contributed by atoms with E-state index in [-0.39, 0.29) is 34.7 Å². The summed E-state index contributed by atoms with van der Waals surface area (Å²) in [6.45, 7) is 2.68. The van der Waals surface area contributed by atoms with Crippen LogP contribution in [0.15, 0.2) is 65.1 Å². The Labute approximate surface area is 202 Å². The highest BCUT2D eigenvalue weighted by Gasteiger charge is 2.42. The van der Waals surface area contributed by atoms with Crippen molar-refractivity contribution in [1.82, 2.24) is 5.06 Å². The second-order valence-electron chi connectivity index (χ2n) is 7.74. The lowest BCUT2D eigenvalue weighted by Crippen LogP contribution is -2.34. The highest BCUT2D eigenvalue weighted by atomic mass is 35.5. The van der Waals surface area contributed by atoms with Gasteiger partial charge in [0.05, 0.1) is 17.6 Å². The van der Waals surface area contributed by atoms with Crippen LogP contribution in [0.5, 0.6) is 11.5 Å². The van der Waals surface area contributed by atoms with Crippen LogP contribution in [0.2, 0.25) is 5.02 Å². The van der Waals surface area contributed by atoms with Gasteiger partial charge < -0.3 is 18.9 Å². The first-order valence-electron chi connectivity index (χ1n) is 10.6. The minimum atomic E-state index is -3.99. The summed E-state index contributed by atoms with van der Waals surface area (Å²) >= 11 is 5.85. The number of carbonyl (C=O) groups is 1. The fourth-order valence-electron chi connectivity index (χ4n) is 3.63. The molecule has 182 valence electrons. The first-order chi connectivity index (χ1) is 16.2. The summed E-state index contributed by atoms with van der Waals surface area (Å²) in [6.07, 6.45) is 0.433. The summed E-state index contributed by atoms with van der Waals surface area (Å²) in [4.78, 5) is 12.5. The summed E-state index contributed by atoms with van der Waals surface area (Å²) in [5, 5.41) is 11.0. The van der Waals surface area contributed by atoms with Crippen LogP contribution in [0, 0.1) is 0 Å². The average Bonchev–Trinajstić information content (AvgIpc) is 3.38. The van der Waals surface area contributed by atoms with E-state index in [1.165, 1.54) is 24.3 Å². The summed E-state index contributed by atoms with van der Waals surface area (Å²) in [6, 6.07) is 12.4. The van der Waals surface area contributed by atoms with Crippen LogP contribution in [-0.2, 0) is 28.8 Å². The minimum absolute atomic E-state index is 0.0643. The van der Waals surface area contributed by atoms with Gasteiger partial charge in [0.15, 0.2) is 22.0 Å². The lowest BCUT2D eigenvalue weighted by molar-refractivity contribution is -0.157. The zero-order valence-corrected chi connectivity index (χ0v) is 19.9. The molecule has 9 nitrogen and oxygen atoms in total. The zero-order chi connectivity index (χ0) is 24.3. The number of sulfone groups is 1. The van der Waals surface area contributed by atoms with Crippen molar-refractivity contribution < 1.29 is 37.4 Å². The van der Waals surface area contributed by atoms with E-state index in [1.54, 1.807) is 30.3 Å². The molecule has 0 bridgehead atoms. The lowest BCUT2D eigenvalue weighted by Gasteiger charge is -2.17. The van der Waals surface area contributed by atoms with Gasteiger partial charge in [-0.2, -0.15) is 0 Å². The van der Waals surface area contributed by atoms with E-state index in [0.29, 0.717) is 23.1 Å². The number of nitrogens with zero attached hydrogens (tertiary/aromatic N) is 1. The lowest BCUT2D eigenvalue weighted by atomic mass is 10.2. The van der Waals surface area contributed by atoms with Gasteiger partial charge in [0.2, 0.25) is 0 Å². The molecular formula is C23H24ClNO8S. The predicted molar refractivity (Wildman–Crippen MR) is 121 cm³/mol. The Morgan fingerprint density at radius 2 is 1.76 bits per heavy atom. The molecule has 1 saturated heterocycles. The maximum Gasteiger partial charge on any atom is 0.274 e. The number of rotatable bonds is 9. The van der Waals surface area contributed by atoms with Crippen molar-refractivity contribution in [2.24, 2.45) is 0 Å². The molecule has 1 aliphatic heterocycles. The third-order valence-corrected chi connectivity index (χ3v) is 7.11. The Balaban J connectivity index is 1.34. The molecule has 0 spiro atoms. The molecule has 1 fully saturated rings. The quantitative estimate of drug-likeness (QED) is 0.403. The van der Waals surface area contributed by atoms with E-state index in [1.807, 2.05) is 6.92 Å². The third-order valence-electron chi connectivity index (χ3n) is 5.28. The Morgan fingerprint density at radius 3 is 2.38 bits per heavy atom. The van der Waals surface area contributed by atoms with Gasteiger partial charge in [0, 0.05) is 23.6 Å². The molecule has 34 heavy (non-hydrogen) atoms. The number of ether oxygens (including phenoxy) is 4. The SMILES string of the molecule is CCOCC1OC2C=C(C(=O)N(O)CS(=O)(=O)c3ccc(Oc4ccc(Cl)cc4)cc3)CC2O1. The van der Waals surface area contributed by atoms with Crippen molar-refractivity contribution in [3.05, 3.63) is 65.2 Å². The number of benzene rings is 2. The van der Waals surface area contributed by atoms with Gasteiger partial charge in [-0.15, -0.1) is 0 Å². The van der Waals surface area contributed by atoms with Gasteiger partial charge in [0.25, 0.3) is 5.91 Å². The van der Waals surface area contributed by atoms with E-state index < -0.39 is 34.0 Å². The second kappa shape index (κ2) is 10.4. The normalized spacial score (nSPS) is 21.7. The molecule has 1 aliphatic carbocycles. The number of hydrogen-bond donors (Lipinski definition) is 1. The molecule has 4 rings (SSSR count). The van der Waals surface area contributed by atoms with Crippen molar-refractivity contribution in [3.8, 4) is 11.5 Å². The number of hydroxylamine groups is 2. The molecule has 11 heteroatoms. The average molecular weight is 510 g/mol. The molecule has 1 heterocycles. The molecule has 3 atom stereocenters. The van der Waals surface area contributed by atoms with Crippen molar-refractivity contribution in [2.75, 3.05) is 19.1 Å².